The van der Waals surface area contributed by atoms with E-state index in [1.165, 1.54) is 18.2 Å². The highest BCUT2D eigenvalue weighted by Gasteiger charge is 2.17. The molecule has 1 heterocycles. The number of nitro groups is 1. The zero-order chi connectivity index (χ0) is 23.1. The van der Waals surface area contributed by atoms with Gasteiger partial charge in [0.2, 0.25) is 5.91 Å². The van der Waals surface area contributed by atoms with Crippen LogP contribution in [-0.2, 0) is 17.9 Å². The molecule has 0 atom stereocenters. The largest absolute Gasteiger partial charge is 0.484 e. The number of ether oxygens (including phenoxy) is 1. The number of allylic oxidation sites excluding steroid dienone is 1. The molecule has 0 unspecified atom stereocenters. The van der Waals surface area contributed by atoms with Crippen molar-refractivity contribution >= 4 is 40.6 Å². The van der Waals surface area contributed by atoms with Gasteiger partial charge in [0.25, 0.3) is 5.69 Å². The molecule has 2 aromatic carbocycles. The number of aryl methyl sites for hydroxylation is 1. The van der Waals surface area contributed by atoms with Crippen LogP contribution in [0, 0.1) is 17.0 Å². The van der Waals surface area contributed by atoms with Gasteiger partial charge in [-0.3, -0.25) is 19.5 Å². The number of benzene rings is 2. The average molecular weight is 474 g/mol. The highest BCUT2D eigenvalue weighted by molar-refractivity contribution is 7.99. The lowest BCUT2D eigenvalue weighted by Gasteiger charge is -2.11. The Hall–Kier alpha value is -3.37. The summed E-state index contributed by atoms with van der Waals surface area (Å²) in [4.78, 5) is 22.9. The molecule has 3 rings (SSSR count). The third-order valence-corrected chi connectivity index (χ3v) is 5.53. The first-order valence-electron chi connectivity index (χ1n) is 9.47. The van der Waals surface area contributed by atoms with E-state index in [4.69, 9.17) is 16.3 Å². The van der Waals surface area contributed by atoms with Crippen LogP contribution in [0.3, 0.4) is 0 Å². The number of hydrogen-bond donors (Lipinski definition) is 1. The van der Waals surface area contributed by atoms with Crippen molar-refractivity contribution in [2.75, 3.05) is 11.1 Å². The smallest absolute Gasteiger partial charge is 0.292 e. The molecule has 1 N–H and O–H groups in total. The Labute approximate surface area is 193 Å². The predicted octanol–water partition coefficient (Wildman–Crippen LogP) is 4.64. The number of carbonyl (C=O) groups excluding carboxylic acids is 1. The molecule has 0 saturated carbocycles. The van der Waals surface area contributed by atoms with Crippen LogP contribution >= 0.6 is 23.4 Å². The van der Waals surface area contributed by atoms with E-state index in [2.05, 4.69) is 22.1 Å². The Morgan fingerprint density at radius 2 is 2.12 bits per heavy atom. The van der Waals surface area contributed by atoms with Gasteiger partial charge in [0, 0.05) is 12.6 Å². The van der Waals surface area contributed by atoms with Crippen molar-refractivity contribution in [1.82, 2.24) is 14.8 Å². The molecule has 0 fully saturated rings. The third kappa shape index (κ3) is 5.86. The summed E-state index contributed by atoms with van der Waals surface area (Å²) < 4.78 is 7.58. The lowest BCUT2D eigenvalue weighted by Crippen LogP contribution is -2.16. The summed E-state index contributed by atoms with van der Waals surface area (Å²) in [5, 5.41) is 22.9. The maximum Gasteiger partial charge on any atom is 0.292 e. The van der Waals surface area contributed by atoms with E-state index in [0.29, 0.717) is 28.3 Å². The minimum Gasteiger partial charge on any atom is -0.484 e. The normalized spacial score (nSPS) is 10.6. The minimum atomic E-state index is -0.545. The number of halogens is 1. The van der Waals surface area contributed by atoms with Crippen molar-refractivity contribution < 1.29 is 14.5 Å². The Balaban J connectivity index is 1.66. The third-order valence-electron chi connectivity index (χ3n) is 4.26. The van der Waals surface area contributed by atoms with Gasteiger partial charge in [-0.2, -0.15) is 0 Å². The summed E-state index contributed by atoms with van der Waals surface area (Å²) in [5.41, 5.74) is 0.979. The summed E-state index contributed by atoms with van der Waals surface area (Å²) in [6, 6.07) is 11.4. The molecule has 32 heavy (non-hydrogen) atoms. The number of aromatic nitrogens is 3. The maximum absolute atomic E-state index is 12.3. The fourth-order valence-corrected chi connectivity index (χ4v) is 3.70. The molecule has 1 aromatic heterocycles. The van der Waals surface area contributed by atoms with E-state index >= 15 is 0 Å². The number of anilines is 1. The number of amides is 1. The van der Waals surface area contributed by atoms with Gasteiger partial charge in [-0.25, -0.2) is 0 Å². The number of para-hydroxylation sites is 2. The number of nitrogens with one attached hydrogen (secondary N) is 1. The molecule has 0 aliphatic carbocycles. The van der Waals surface area contributed by atoms with Gasteiger partial charge < -0.3 is 10.1 Å². The van der Waals surface area contributed by atoms with Crippen LogP contribution in [0.15, 0.2) is 60.3 Å². The minimum absolute atomic E-state index is 0.00805. The monoisotopic (exact) mass is 473 g/mol. The number of rotatable bonds is 10. The fraction of sp³-hybridized carbons (Fsp3) is 0.190. The van der Waals surface area contributed by atoms with E-state index in [1.54, 1.807) is 22.8 Å². The molecule has 1 amide bonds. The molecule has 0 bridgehead atoms. The van der Waals surface area contributed by atoms with Gasteiger partial charge in [0.05, 0.1) is 15.7 Å². The molecule has 0 aliphatic heterocycles. The second kappa shape index (κ2) is 10.8. The topological polar surface area (TPSA) is 112 Å². The first-order chi connectivity index (χ1) is 15.4. The van der Waals surface area contributed by atoms with Crippen molar-refractivity contribution in [3.8, 4) is 5.75 Å². The van der Waals surface area contributed by atoms with Gasteiger partial charge >= 0.3 is 0 Å². The summed E-state index contributed by atoms with van der Waals surface area (Å²) in [6.45, 7) is 6.24. The van der Waals surface area contributed by atoms with Crippen molar-refractivity contribution in [1.29, 1.82) is 0 Å². The van der Waals surface area contributed by atoms with Crippen LogP contribution < -0.4 is 10.1 Å². The van der Waals surface area contributed by atoms with E-state index in [0.717, 1.165) is 17.3 Å². The predicted molar refractivity (Wildman–Crippen MR) is 123 cm³/mol. The molecule has 11 heteroatoms. The zero-order valence-corrected chi connectivity index (χ0v) is 18.7. The summed E-state index contributed by atoms with van der Waals surface area (Å²) in [6.07, 6.45) is 1.68. The van der Waals surface area contributed by atoms with Crippen molar-refractivity contribution in [3.05, 3.63) is 81.6 Å². The number of carbonyl (C=O) groups is 1. The number of nitrogens with zero attached hydrogens (tertiary/aromatic N) is 4. The van der Waals surface area contributed by atoms with Crippen LogP contribution in [0.5, 0.6) is 5.75 Å². The summed E-state index contributed by atoms with van der Waals surface area (Å²) >= 11 is 7.33. The molecule has 0 spiro atoms. The van der Waals surface area contributed by atoms with Crippen LogP contribution in [0.1, 0.15) is 11.4 Å². The molecular formula is C21H20ClN5O4S. The average Bonchev–Trinajstić information content (AvgIpc) is 3.15. The lowest BCUT2D eigenvalue weighted by molar-refractivity contribution is -0.383. The summed E-state index contributed by atoms with van der Waals surface area (Å²) in [5.74, 6) is 0.676. The number of nitro benzene ring substituents is 1. The molecular weight excluding hydrogens is 454 g/mol. The molecule has 0 radical (unpaired) electrons. The van der Waals surface area contributed by atoms with Gasteiger partial charge in [0.1, 0.15) is 18.0 Å². The van der Waals surface area contributed by atoms with Crippen molar-refractivity contribution in [2.45, 2.75) is 25.2 Å². The standard InChI is InChI=1S/C21H20ClN5O4S/c1-3-10-26-19(12-31-18-11-14(2)8-9-15(18)22)24-25-21(26)32-13-20(28)23-16-6-4-5-7-17(16)27(29)30/h3-9,11H,1,10,12-13H2,2H3,(H,23,28). The first-order valence-corrected chi connectivity index (χ1v) is 10.8. The highest BCUT2D eigenvalue weighted by atomic mass is 35.5. The maximum atomic E-state index is 12.3. The Bertz CT molecular complexity index is 1150. The van der Waals surface area contributed by atoms with Gasteiger partial charge in [-0.05, 0) is 30.7 Å². The molecule has 0 aliphatic rings. The summed E-state index contributed by atoms with van der Waals surface area (Å²) in [7, 11) is 0. The van der Waals surface area contributed by atoms with Crippen LogP contribution in [0.2, 0.25) is 5.02 Å². The van der Waals surface area contributed by atoms with Gasteiger partial charge in [-0.1, -0.05) is 47.6 Å². The van der Waals surface area contributed by atoms with Gasteiger partial charge in [0.15, 0.2) is 11.0 Å². The fourth-order valence-electron chi connectivity index (χ4n) is 2.76. The van der Waals surface area contributed by atoms with E-state index in [9.17, 15) is 14.9 Å². The quantitative estimate of drug-likeness (QED) is 0.197. The van der Waals surface area contributed by atoms with Crippen LogP contribution in [-0.4, -0.2) is 31.3 Å². The van der Waals surface area contributed by atoms with Crippen LogP contribution in [0.25, 0.3) is 0 Å². The van der Waals surface area contributed by atoms with Crippen molar-refractivity contribution in [2.24, 2.45) is 0 Å². The van der Waals surface area contributed by atoms with Crippen molar-refractivity contribution in [3.63, 3.8) is 0 Å². The number of hydrogen-bond acceptors (Lipinski definition) is 7. The molecule has 166 valence electrons. The number of thioether (sulfide) groups is 1. The van der Waals surface area contributed by atoms with Crippen LogP contribution in [0.4, 0.5) is 11.4 Å². The van der Waals surface area contributed by atoms with E-state index in [1.807, 2.05) is 19.1 Å². The van der Waals surface area contributed by atoms with Gasteiger partial charge in [-0.15, -0.1) is 16.8 Å². The second-order valence-electron chi connectivity index (χ2n) is 6.63. The zero-order valence-electron chi connectivity index (χ0n) is 17.2. The Kier molecular flexibility index (Phi) is 7.85. The Morgan fingerprint density at radius 3 is 2.88 bits per heavy atom. The highest BCUT2D eigenvalue weighted by Crippen LogP contribution is 2.27. The SMILES string of the molecule is C=CCn1c(COc2cc(C)ccc2Cl)nnc1SCC(=O)Nc1ccccc1[N+](=O)[O-]. The molecule has 9 nitrogen and oxygen atoms in total. The molecule has 3 aromatic rings. The second-order valence-corrected chi connectivity index (χ2v) is 7.98. The van der Waals surface area contributed by atoms with E-state index < -0.39 is 10.8 Å². The lowest BCUT2D eigenvalue weighted by atomic mass is 10.2. The first kappa shape index (κ1) is 23.3. The van der Waals surface area contributed by atoms with E-state index in [-0.39, 0.29) is 23.7 Å². The molecule has 0 saturated heterocycles. The Morgan fingerprint density at radius 1 is 1.34 bits per heavy atom.